The molecule has 1 rings (SSSR count). The van der Waals surface area contributed by atoms with Gasteiger partial charge in [-0.25, -0.2) is 0 Å². The van der Waals surface area contributed by atoms with Crippen LogP contribution in [0.2, 0.25) is 0 Å². The molecule has 0 aliphatic carbocycles. The Labute approximate surface area is 262 Å². The Balaban J connectivity index is 2.78. The lowest BCUT2D eigenvalue weighted by molar-refractivity contribution is -0.134. The molecule has 1 aromatic rings. The van der Waals surface area contributed by atoms with Gasteiger partial charge in [0.15, 0.2) is 0 Å². The number of rotatable bonds is 18. The van der Waals surface area contributed by atoms with Crippen molar-refractivity contribution in [2.24, 2.45) is 11.5 Å². The fourth-order valence-electron chi connectivity index (χ4n) is 4.00. The number of nitrogens with two attached hydrogens (primary N) is 2. The average Bonchev–Trinajstić information content (AvgIpc) is 2.96. The minimum Gasteiger partial charge on any atom is -0.508 e. The van der Waals surface area contributed by atoms with Gasteiger partial charge in [-0.05, 0) is 71.2 Å². The molecule has 0 spiro atoms. The summed E-state index contributed by atoms with van der Waals surface area (Å²) in [7, 11) is 0. The molecule has 1 aromatic carbocycles. The summed E-state index contributed by atoms with van der Waals surface area (Å²) in [6.07, 6.45) is 1.31. The van der Waals surface area contributed by atoms with Crippen molar-refractivity contribution in [1.29, 1.82) is 0 Å². The predicted octanol–water partition coefficient (Wildman–Crippen LogP) is -2.44. The van der Waals surface area contributed by atoms with Crippen molar-refractivity contribution < 1.29 is 38.7 Å². The van der Waals surface area contributed by atoms with Crippen LogP contribution in [0.1, 0.15) is 59.4 Å². The molecule has 16 heteroatoms. The maximum atomic E-state index is 13.1. The van der Waals surface area contributed by atoms with Gasteiger partial charge in [0, 0.05) is 13.3 Å². The fourth-order valence-corrected chi connectivity index (χ4v) is 4.00. The number of carbonyl (C=O) groups is 7. The summed E-state index contributed by atoms with van der Waals surface area (Å²) in [6.45, 7) is 7.26. The predicted molar refractivity (Wildman–Crippen MR) is 164 cm³/mol. The van der Waals surface area contributed by atoms with E-state index in [0.29, 0.717) is 24.9 Å². The Hall–Kier alpha value is -4.73. The first kappa shape index (κ1) is 38.3. The molecular formula is C29H46N8O8. The van der Waals surface area contributed by atoms with Crippen molar-refractivity contribution in [2.45, 2.75) is 96.6 Å². The van der Waals surface area contributed by atoms with Gasteiger partial charge in [0.1, 0.15) is 42.0 Å². The highest BCUT2D eigenvalue weighted by molar-refractivity contribution is 5.96. The van der Waals surface area contributed by atoms with E-state index >= 15 is 0 Å². The Bertz CT molecular complexity index is 1210. The molecular weight excluding hydrogens is 588 g/mol. The largest absolute Gasteiger partial charge is 0.508 e. The molecule has 250 valence electrons. The van der Waals surface area contributed by atoms with Crippen molar-refractivity contribution in [2.75, 3.05) is 6.54 Å². The van der Waals surface area contributed by atoms with Crippen molar-refractivity contribution >= 4 is 41.4 Å². The minimum absolute atomic E-state index is 0.0353. The fraction of sp³-hybridized carbons (Fsp3) is 0.552. The molecule has 0 radical (unpaired) electrons. The number of hydrogen-bond acceptors (Lipinski definition) is 9. The zero-order valence-electron chi connectivity index (χ0n) is 26.3. The highest BCUT2D eigenvalue weighted by Gasteiger charge is 2.29. The summed E-state index contributed by atoms with van der Waals surface area (Å²) in [5.41, 5.74) is 11.6. The van der Waals surface area contributed by atoms with Crippen molar-refractivity contribution in [1.82, 2.24) is 31.9 Å². The molecule has 0 heterocycles. The Kier molecular flexibility index (Phi) is 16.0. The smallest absolute Gasteiger partial charge is 0.243 e. The highest BCUT2D eigenvalue weighted by Crippen LogP contribution is 2.11. The van der Waals surface area contributed by atoms with E-state index in [2.05, 4.69) is 31.9 Å². The van der Waals surface area contributed by atoms with Crippen molar-refractivity contribution in [3.05, 3.63) is 29.8 Å². The molecule has 11 N–H and O–H groups in total. The van der Waals surface area contributed by atoms with Crippen molar-refractivity contribution in [3.63, 3.8) is 0 Å². The number of carbonyl (C=O) groups excluding carboxylic acids is 7. The number of aromatic hydroxyl groups is 1. The minimum atomic E-state index is -1.12. The molecule has 0 bridgehead atoms. The number of phenolic OH excluding ortho intramolecular Hbond substituents is 1. The van der Waals surface area contributed by atoms with Crippen LogP contribution in [0.4, 0.5) is 0 Å². The van der Waals surface area contributed by atoms with Gasteiger partial charge in [0.2, 0.25) is 41.4 Å². The second-order valence-corrected chi connectivity index (χ2v) is 10.8. The van der Waals surface area contributed by atoms with E-state index < -0.39 is 77.6 Å². The SMILES string of the molecule is CC(=O)N[C@@H](C)C(=O)N[C@@H](C)C(=O)N[C@@H](CCCCN)C(=O)N[C@@H](C)C(=O)N[C@@H](C)C(=O)N[C@@H](Cc1ccc(O)cc1)C(N)=O. The zero-order chi connectivity index (χ0) is 34.3. The average molecular weight is 635 g/mol. The molecule has 16 nitrogen and oxygen atoms in total. The van der Waals surface area contributed by atoms with Gasteiger partial charge in [-0.15, -0.1) is 0 Å². The van der Waals surface area contributed by atoms with Gasteiger partial charge in [0.05, 0.1) is 0 Å². The van der Waals surface area contributed by atoms with Gasteiger partial charge >= 0.3 is 0 Å². The standard InChI is InChI=1S/C29H46N8O8/c1-15(32-19(5)38)25(41)33-17(3)27(43)36-22(8-6-7-13-30)29(45)35-16(2)26(42)34-18(4)28(44)37-23(24(31)40)14-20-9-11-21(39)12-10-20/h9-12,15-18,22-23,39H,6-8,13-14,30H2,1-5H3,(H2,31,40)(H,32,38)(H,33,41)(H,34,42)(H,35,45)(H,36,43)(H,37,44)/t15-,16-,17-,18-,22-,23-/m0/s1. The molecule has 7 amide bonds. The van der Waals surface area contributed by atoms with Crippen LogP contribution in [0.25, 0.3) is 0 Å². The number of hydrogen-bond donors (Lipinski definition) is 9. The topological polar surface area (TPSA) is 264 Å². The van der Waals surface area contributed by atoms with Gasteiger partial charge in [0.25, 0.3) is 0 Å². The Morgan fingerprint density at radius 2 is 1.07 bits per heavy atom. The van der Waals surface area contributed by atoms with Gasteiger partial charge < -0.3 is 48.5 Å². The maximum Gasteiger partial charge on any atom is 0.243 e. The third kappa shape index (κ3) is 14.1. The van der Waals surface area contributed by atoms with E-state index in [1.807, 2.05) is 0 Å². The zero-order valence-corrected chi connectivity index (χ0v) is 26.3. The lowest BCUT2D eigenvalue weighted by Gasteiger charge is -2.24. The molecule has 45 heavy (non-hydrogen) atoms. The van der Waals surface area contributed by atoms with Gasteiger partial charge in [-0.3, -0.25) is 33.6 Å². The third-order valence-corrected chi connectivity index (χ3v) is 6.69. The van der Waals surface area contributed by atoms with E-state index in [1.165, 1.54) is 46.8 Å². The highest BCUT2D eigenvalue weighted by atomic mass is 16.3. The number of unbranched alkanes of at least 4 members (excludes halogenated alkanes) is 1. The van der Waals surface area contributed by atoms with E-state index in [0.717, 1.165) is 0 Å². The van der Waals surface area contributed by atoms with Crippen LogP contribution in [0.5, 0.6) is 5.75 Å². The lowest BCUT2D eigenvalue weighted by atomic mass is 10.0. The van der Waals surface area contributed by atoms with E-state index in [1.54, 1.807) is 12.1 Å². The third-order valence-electron chi connectivity index (χ3n) is 6.69. The van der Waals surface area contributed by atoms with E-state index in [4.69, 9.17) is 11.5 Å². The first-order valence-corrected chi connectivity index (χ1v) is 14.6. The number of primary amides is 1. The molecule has 0 saturated heterocycles. The number of amides is 7. The first-order valence-electron chi connectivity index (χ1n) is 14.6. The molecule has 0 fully saturated rings. The Morgan fingerprint density at radius 1 is 0.644 bits per heavy atom. The van der Waals surface area contributed by atoms with Crippen LogP contribution in [0.3, 0.4) is 0 Å². The van der Waals surface area contributed by atoms with E-state index in [-0.39, 0.29) is 18.6 Å². The molecule has 0 aliphatic heterocycles. The summed E-state index contributed by atoms with van der Waals surface area (Å²) >= 11 is 0. The van der Waals surface area contributed by atoms with Crippen LogP contribution < -0.4 is 43.4 Å². The van der Waals surface area contributed by atoms with Gasteiger partial charge in [-0.2, -0.15) is 0 Å². The summed E-state index contributed by atoms with van der Waals surface area (Å²) in [4.78, 5) is 86.8. The maximum absolute atomic E-state index is 13.1. The summed E-state index contributed by atoms with van der Waals surface area (Å²) in [5, 5.41) is 24.3. The molecule has 0 aliphatic rings. The number of benzene rings is 1. The van der Waals surface area contributed by atoms with Crippen LogP contribution in [-0.4, -0.2) is 89.3 Å². The number of nitrogens with one attached hydrogen (secondary N) is 6. The molecule has 6 atom stereocenters. The molecule has 0 unspecified atom stereocenters. The quantitative estimate of drug-likeness (QED) is 0.0775. The first-order chi connectivity index (χ1) is 21.0. The molecule has 0 aromatic heterocycles. The summed E-state index contributed by atoms with van der Waals surface area (Å²) in [5.74, 6) is -4.51. The lowest BCUT2D eigenvalue weighted by Crippen LogP contribution is -2.58. The van der Waals surface area contributed by atoms with E-state index in [9.17, 15) is 38.7 Å². The molecule has 0 saturated carbocycles. The number of phenols is 1. The van der Waals surface area contributed by atoms with Crippen LogP contribution in [0, 0.1) is 0 Å². The normalized spacial score (nSPS) is 14.7. The van der Waals surface area contributed by atoms with Crippen LogP contribution >= 0.6 is 0 Å². The monoisotopic (exact) mass is 634 g/mol. The van der Waals surface area contributed by atoms with Crippen molar-refractivity contribution in [3.8, 4) is 5.75 Å². The Morgan fingerprint density at radius 3 is 1.51 bits per heavy atom. The summed E-state index contributed by atoms with van der Waals surface area (Å²) in [6, 6.07) is -0.309. The second kappa shape index (κ2) is 18.8. The van der Waals surface area contributed by atoms with Crippen LogP contribution in [-0.2, 0) is 40.0 Å². The summed E-state index contributed by atoms with van der Waals surface area (Å²) < 4.78 is 0. The van der Waals surface area contributed by atoms with Gasteiger partial charge in [-0.1, -0.05) is 12.1 Å². The van der Waals surface area contributed by atoms with Crippen LogP contribution in [0.15, 0.2) is 24.3 Å². The second-order valence-electron chi connectivity index (χ2n) is 10.8.